The first kappa shape index (κ1) is 10.1. The Bertz CT molecular complexity index is 436. The van der Waals surface area contributed by atoms with Crippen molar-refractivity contribution in [3.8, 4) is 5.75 Å². The molecule has 1 aromatic carbocycles. The Kier molecular flexibility index (Phi) is 1.88. The molecule has 16 heavy (non-hydrogen) atoms. The van der Waals surface area contributed by atoms with Gasteiger partial charge in [-0.25, -0.2) is 4.39 Å². The fraction of sp³-hybridized carbons (Fsp3) is 0.538. The second-order valence-electron chi connectivity index (χ2n) is 5.09. The molecule has 2 saturated carbocycles. The largest absolute Gasteiger partial charge is 0.494 e. The Balaban J connectivity index is 1.99. The number of nitrogens with two attached hydrogens (primary N) is 1. The Morgan fingerprint density at radius 3 is 2.38 bits per heavy atom. The highest BCUT2D eigenvalue weighted by atomic mass is 19.1. The summed E-state index contributed by atoms with van der Waals surface area (Å²) in [4.78, 5) is 0. The van der Waals surface area contributed by atoms with Crippen molar-refractivity contribution in [2.45, 2.75) is 36.6 Å². The maximum absolute atomic E-state index is 13.7. The highest BCUT2D eigenvalue weighted by Gasteiger charge is 2.64. The molecule has 0 saturated heterocycles. The van der Waals surface area contributed by atoms with E-state index in [2.05, 4.69) is 0 Å². The lowest BCUT2D eigenvalue weighted by atomic mass is 9.86. The normalized spacial score (nSPS) is 23.9. The van der Waals surface area contributed by atoms with Crippen molar-refractivity contribution in [1.82, 2.24) is 0 Å². The van der Waals surface area contributed by atoms with Gasteiger partial charge in [0.15, 0.2) is 11.6 Å². The molecule has 0 bridgehead atoms. The summed E-state index contributed by atoms with van der Waals surface area (Å²) < 4.78 is 18.6. The molecule has 0 aliphatic heterocycles. The van der Waals surface area contributed by atoms with Gasteiger partial charge in [-0.3, -0.25) is 0 Å². The number of rotatable bonds is 3. The summed E-state index contributed by atoms with van der Waals surface area (Å²) >= 11 is 0. The first-order valence-corrected chi connectivity index (χ1v) is 5.74. The molecule has 0 unspecified atom stereocenters. The molecule has 86 valence electrons. The van der Waals surface area contributed by atoms with E-state index in [4.69, 9.17) is 10.5 Å². The van der Waals surface area contributed by atoms with E-state index in [0.717, 1.165) is 31.2 Å². The minimum atomic E-state index is -0.282. The molecule has 2 N–H and O–H groups in total. The van der Waals surface area contributed by atoms with Gasteiger partial charge in [-0.05, 0) is 43.4 Å². The van der Waals surface area contributed by atoms with E-state index < -0.39 is 0 Å². The highest BCUT2D eigenvalue weighted by molar-refractivity contribution is 5.43. The summed E-state index contributed by atoms with van der Waals surface area (Å²) in [5.41, 5.74) is 7.33. The molecular weight excluding hydrogens is 205 g/mol. The molecule has 1 aromatic rings. The third-order valence-corrected chi connectivity index (χ3v) is 4.20. The van der Waals surface area contributed by atoms with Gasteiger partial charge >= 0.3 is 0 Å². The lowest BCUT2D eigenvalue weighted by molar-refractivity contribution is 0.385. The standard InChI is InChI=1S/C13H16FNO/c1-16-11-3-2-9(8-10(11)14)12(4-5-12)13(15)6-7-13/h2-3,8H,4-7,15H2,1H3. The molecule has 0 amide bonds. The van der Waals surface area contributed by atoms with E-state index in [1.165, 1.54) is 7.11 Å². The quantitative estimate of drug-likeness (QED) is 0.850. The first-order valence-electron chi connectivity index (χ1n) is 5.74. The van der Waals surface area contributed by atoms with Crippen LogP contribution in [0.2, 0.25) is 0 Å². The fourth-order valence-corrected chi connectivity index (χ4v) is 2.78. The van der Waals surface area contributed by atoms with Crippen LogP contribution in [0.15, 0.2) is 18.2 Å². The number of hydrogen-bond donors (Lipinski definition) is 1. The van der Waals surface area contributed by atoms with Crippen LogP contribution in [-0.2, 0) is 5.41 Å². The third kappa shape index (κ3) is 1.21. The van der Waals surface area contributed by atoms with Crippen molar-refractivity contribution in [2.24, 2.45) is 5.73 Å². The number of benzene rings is 1. The van der Waals surface area contributed by atoms with Crippen LogP contribution in [0.5, 0.6) is 5.75 Å². The van der Waals surface area contributed by atoms with Crippen molar-refractivity contribution in [2.75, 3.05) is 7.11 Å². The molecule has 2 fully saturated rings. The Hall–Kier alpha value is -1.09. The zero-order valence-electron chi connectivity index (χ0n) is 9.42. The summed E-state index contributed by atoms with van der Waals surface area (Å²) in [6, 6.07) is 5.26. The maximum atomic E-state index is 13.7. The molecular formula is C13H16FNO. The van der Waals surface area contributed by atoms with Gasteiger partial charge in [-0.1, -0.05) is 6.07 Å². The fourth-order valence-electron chi connectivity index (χ4n) is 2.78. The number of ether oxygens (including phenoxy) is 1. The molecule has 0 atom stereocenters. The van der Waals surface area contributed by atoms with Gasteiger partial charge in [0.05, 0.1) is 7.11 Å². The van der Waals surface area contributed by atoms with Crippen molar-refractivity contribution < 1.29 is 9.13 Å². The van der Waals surface area contributed by atoms with Crippen LogP contribution in [0.25, 0.3) is 0 Å². The van der Waals surface area contributed by atoms with Gasteiger partial charge in [-0.2, -0.15) is 0 Å². The van der Waals surface area contributed by atoms with Crippen molar-refractivity contribution >= 4 is 0 Å². The second kappa shape index (κ2) is 2.98. The van der Waals surface area contributed by atoms with Gasteiger partial charge in [-0.15, -0.1) is 0 Å². The van der Waals surface area contributed by atoms with Crippen LogP contribution in [-0.4, -0.2) is 12.6 Å². The summed E-state index contributed by atoms with van der Waals surface area (Å²) in [6.07, 6.45) is 4.33. The van der Waals surface area contributed by atoms with Gasteiger partial charge in [0.25, 0.3) is 0 Å². The van der Waals surface area contributed by atoms with Crippen LogP contribution in [0.1, 0.15) is 31.2 Å². The Morgan fingerprint density at radius 2 is 1.94 bits per heavy atom. The molecule has 0 radical (unpaired) electrons. The molecule has 2 aliphatic carbocycles. The predicted molar refractivity (Wildman–Crippen MR) is 60.0 cm³/mol. The lowest BCUT2D eigenvalue weighted by Gasteiger charge is -2.23. The first-order chi connectivity index (χ1) is 7.61. The third-order valence-electron chi connectivity index (χ3n) is 4.20. The van der Waals surface area contributed by atoms with Gasteiger partial charge in [0.2, 0.25) is 0 Å². The molecule has 2 nitrogen and oxygen atoms in total. The van der Waals surface area contributed by atoms with Gasteiger partial charge in [0.1, 0.15) is 0 Å². The highest BCUT2D eigenvalue weighted by Crippen LogP contribution is 2.63. The van der Waals surface area contributed by atoms with E-state index in [-0.39, 0.29) is 16.8 Å². The SMILES string of the molecule is COc1ccc(C2(C3(N)CC3)CC2)cc1F. The summed E-state index contributed by atoms with van der Waals surface area (Å²) in [6.45, 7) is 0. The predicted octanol–water partition coefficient (Wildman–Crippen LogP) is 2.36. The second-order valence-corrected chi connectivity index (χ2v) is 5.09. The van der Waals surface area contributed by atoms with Gasteiger partial charge < -0.3 is 10.5 Å². The van der Waals surface area contributed by atoms with Crippen LogP contribution in [0, 0.1) is 5.82 Å². The zero-order valence-corrected chi connectivity index (χ0v) is 9.42. The molecule has 0 spiro atoms. The maximum Gasteiger partial charge on any atom is 0.165 e. The van der Waals surface area contributed by atoms with E-state index >= 15 is 0 Å². The topological polar surface area (TPSA) is 35.2 Å². The van der Waals surface area contributed by atoms with E-state index in [0.29, 0.717) is 5.75 Å². The molecule has 3 rings (SSSR count). The minimum absolute atomic E-state index is 0.0557. The summed E-state index contributed by atoms with van der Waals surface area (Å²) in [5.74, 6) is 0.0249. The van der Waals surface area contributed by atoms with Gasteiger partial charge in [0, 0.05) is 11.0 Å². The van der Waals surface area contributed by atoms with Crippen LogP contribution < -0.4 is 10.5 Å². The van der Waals surface area contributed by atoms with Crippen molar-refractivity contribution in [3.05, 3.63) is 29.6 Å². The number of hydrogen-bond acceptors (Lipinski definition) is 2. The molecule has 0 aromatic heterocycles. The van der Waals surface area contributed by atoms with Crippen LogP contribution in [0.4, 0.5) is 4.39 Å². The van der Waals surface area contributed by atoms with E-state index in [1.807, 2.05) is 6.07 Å². The van der Waals surface area contributed by atoms with Crippen molar-refractivity contribution in [1.29, 1.82) is 0 Å². The average molecular weight is 221 g/mol. The molecule has 0 heterocycles. The van der Waals surface area contributed by atoms with E-state index in [9.17, 15) is 4.39 Å². The molecule has 2 aliphatic rings. The summed E-state index contributed by atoms with van der Waals surface area (Å²) in [5, 5.41) is 0. The lowest BCUT2D eigenvalue weighted by Crippen LogP contribution is -2.37. The van der Waals surface area contributed by atoms with E-state index in [1.54, 1.807) is 12.1 Å². The number of halogens is 1. The van der Waals surface area contributed by atoms with Crippen LogP contribution >= 0.6 is 0 Å². The Labute approximate surface area is 94.6 Å². The zero-order chi connectivity index (χ0) is 11.4. The average Bonchev–Trinajstić information content (AvgIpc) is 3.13. The monoisotopic (exact) mass is 221 g/mol. The molecule has 3 heteroatoms. The summed E-state index contributed by atoms with van der Waals surface area (Å²) in [7, 11) is 1.48. The van der Waals surface area contributed by atoms with Crippen molar-refractivity contribution in [3.63, 3.8) is 0 Å². The smallest absolute Gasteiger partial charge is 0.165 e. The van der Waals surface area contributed by atoms with Crippen LogP contribution in [0.3, 0.4) is 0 Å². The number of methoxy groups -OCH3 is 1. The Morgan fingerprint density at radius 1 is 1.25 bits per heavy atom. The minimum Gasteiger partial charge on any atom is -0.494 e.